The largest absolute Gasteiger partial charge is 0.385 e. The second-order valence-corrected chi connectivity index (χ2v) is 6.64. The Morgan fingerprint density at radius 1 is 1.04 bits per heavy atom. The Morgan fingerprint density at radius 2 is 1.78 bits per heavy atom. The molecule has 0 bridgehead atoms. The van der Waals surface area contributed by atoms with E-state index in [4.69, 9.17) is 4.63 Å². The topological polar surface area (TPSA) is 62.4 Å². The molecule has 5 heteroatoms. The third kappa shape index (κ3) is 1.90. The molecule has 0 amide bonds. The van der Waals surface area contributed by atoms with Gasteiger partial charge in [0.25, 0.3) is 0 Å². The first-order valence-corrected chi connectivity index (χ1v) is 8.04. The minimum atomic E-state index is -0.714. The molecule has 2 aliphatic rings. The number of fused-ring (bicyclic) bond motifs is 2. The van der Waals surface area contributed by atoms with Gasteiger partial charge < -0.3 is 10.0 Å². The number of aromatic nitrogens is 2. The third-order valence-corrected chi connectivity index (χ3v) is 5.24. The molecule has 0 saturated heterocycles. The molecule has 1 aliphatic carbocycles. The smallest absolute Gasteiger partial charge is 0.158 e. The summed E-state index contributed by atoms with van der Waals surface area (Å²) in [4.78, 5) is 2.28. The van der Waals surface area contributed by atoms with E-state index >= 15 is 0 Å². The van der Waals surface area contributed by atoms with Gasteiger partial charge in [0, 0.05) is 13.1 Å². The highest BCUT2D eigenvalue weighted by Crippen LogP contribution is 2.44. The maximum Gasteiger partial charge on any atom is 0.158 e. The van der Waals surface area contributed by atoms with Crippen LogP contribution >= 0.6 is 0 Å². The van der Waals surface area contributed by atoms with Crippen molar-refractivity contribution in [3.05, 3.63) is 53.1 Å². The van der Waals surface area contributed by atoms with Gasteiger partial charge in [0.2, 0.25) is 0 Å². The quantitative estimate of drug-likeness (QED) is 0.788. The molecule has 5 rings (SSSR count). The van der Waals surface area contributed by atoms with Crippen molar-refractivity contribution < 1.29 is 9.74 Å². The Balaban J connectivity index is 1.62. The fourth-order valence-electron chi connectivity index (χ4n) is 3.69. The molecule has 5 nitrogen and oxygen atoms in total. The van der Waals surface area contributed by atoms with E-state index in [-0.39, 0.29) is 0 Å². The van der Waals surface area contributed by atoms with Crippen molar-refractivity contribution in [3.8, 4) is 0 Å². The predicted molar refractivity (Wildman–Crippen MR) is 85.9 cm³/mol. The van der Waals surface area contributed by atoms with Crippen LogP contribution in [0.3, 0.4) is 0 Å². The summed E-state index contributed by atoms with van der Waals surface area (Å²) in [6.45, 7) is 1.69. The van der Waals surface area contributed by atoms with Crippen LogP contribution in [-0.2, 0) is 18.7 Å². The lowest BCUT2D eigenvalue weighted by molar-refractivity contribution is -0.0386. The van der Waals surface area contributed by atoms with Crippen LogP contribution in [0.2, 0.25) is 0 Å². The predicted octanol–water partition coefficient (Wildman–Crippen LogP) is 3.11. The number of rotatable bonds is 2. The number of nitrogens with zero attached hydrogens (tertiary/aromatic N) is 3. The molecule has 1 saturated carbocycles. The molecule has 0 unspecified atom stereocenters. The average Bonchev–Trinajstić information content (AvgIpc) is 3.17. The van der Waals surface area contributed by atoms with Crippen LogP contribution < -0.4 is 4.90 Å². The minimum Gasteiger partial charge on any atom is -0.385 e. The van der Waals surface area contributed by atoms with Gasteiger partial charge in [-0.05, 0) is 58.4 Å². The van der Waals surface area contributed by atoms with Gasteiger partial charge in [0.1, 0.15) is 5.52 Å². The van der Waals surface area contributed by atoms with Crippen LogP contribution in [0.15, 0.2) is 41.0 Å². The lowest BCUT2D eigenvalue weighted by Gasteiger charge is -2.37. The van der Waals surface area contributed by atoms with E-state index < -0.39 is 5.60 Å². The van der Waals surface area contributed by atoms with Gasteiger partial charge >= 0.3 is 0 Å². The van der Waals surface area contributed by atoms with E-state index in [9.17, 15) is 5.11 Å². The summed E-state index contributed by atoms with van der Waals surface area (Å²) in [5.41, 5.74) is 5.37. The van der Waals surface area contributed by atoms with Crippen LogP contribution in [0, 0.1) is 0 Å². The Hall–Kier alpha value is -2.40. The monoisotopic (exact) mass is 307 g/mol. The fourth-order valence-corrected chi connectivity index (χ4v) is 3.69. The van der Waals surface area contributed by atoms with Gasteiger partial charge in [-0.1, -0.05) is 24.3 Å². The molecule has 1 fully saturated rings. The first-order valence-electron chi connectivity index (χ1n) is 8.04. The van der Waals surface area contributed by atoms with Crippen molar-refractivity contribution in [2.45, 2.75) is 38.0 Å². The van der Waals surface area contributed by atoms with E-state index in [0.717, 1.165) is 49.1 Å². The summed E-state index contributed by atoms with van der Waals surface area (Å²) in [5, 5.41) is 18.8. The number of benzene rings is 2. The molecule has 1 N–H and O–H groups in total. The summed E-state index contributed by atoms with van der Waals surface area (Å²) in [7, 11) is 0. The van der Waals surface area contributed by atoms with Crippen molar-refractivity contribution in [3.63, 3.8) is 0 Å². The zero-order valence-electron chi connectivity index (χ0n) is 12.7. The molecule has 1 aliphatic heterocycles. The zero-order chi connectivity index (χ0) is 15.4. The zero-order valence-corrected chi connectivity index (χ0v) is 12.7. The molecule has 0 spiro atoms. The lowest BCUT2D eigenvalue weighted by Crippen LogP contribution is -2.33. The Bertz CT molecular complexity index is 873. The van der Waals surface area contributed by atoms with Gasteiger partial charge in [-0.15, -0.1) is 0 Å². The minimum absolute atomic E-state index is 0.714. The maximum atomic E-state index is 10.7. The molecule has 116 valence electrons. The van der Waals surface area contributed by atoms with Crippen molar-refractivity contribution in [1.29, 1.82) is 0 Å². The number of hydrogen-bond acceptors (Lipinski definition) is 5. The fraction of sp³-hybridized carbons (Fsp3) is 0.333. The number of hydrogen-bond donors (Lipinski definition) is 1. The van der Waals surface area contributed by atoms with Crippen LogP contribution in [0.25, 0.3) is 11.0 Å². The highest BCUT2D eigenvalue weighted by molar-refractivity contribution is 5.89. The van der Waals surface area contributed by atoms with Gasteiger partial charge in [0.15, 0.2) is 5.52 Å². The van der Waals surface area contributed by atoms with Crippen molar-refractivity contribution in [1.82, 2.24) is 10.3 Å². The van der Waals surface area contributed by atoms with Gasteiger partial charge in [-0.2, -0.15) is 0 Å². The summed E-state index contributed by atoms with van der Waals surface area (Å²) in [6, 6.07) is 12.5. The number of anilines is 1. The van der Waals surface area contributed by atoms with E-state index in [1.165, 1.54) is 11.1 Å². The molecule has 3 aromatic rings. The highest BCUT2D eigenvalue weighted by Gasteiger charge is 2.37. The normalized spacial score (nSPS) is 18.9. The first kappa shape index (κ1) is 13.1. The van der Waals surface area contributed by atoms with E-state index in [0.29, 0.717) is 5.52 Å². The molecule has 2 heterocycles. The summed E-state index contributed by atoms with van der Waals surface area (Å²) in [6.07, 6.45) is 2.68. The van der Waals surface area contributed by atoms with E-state index in [1.54, 1.807) is 0 Å². The summed E-state index contributed by atoms with van der Waals surface area (Å²) < 4.78 is 4.95. The molecule has 23 heavy (non-hydrogen) atoms. The molecule has 2 aromatic carbocycles. The van der Waals surface area contributed by atoms with Crippen LogP contribution in [0.5, 0.6) is 0 Å². The summed E-state index contributed by atoms with van der Waals surface area (Å²) >= 11 is 0. The van der Waals surface area contributed by atoms with Crippen molar-refractivity contribution >= 4 is 16.7 Å². The standard InChI is InChI=1S/C18H17N3O2/c22-18(6-3-7-18)14-8-15-17(20-23-19-15)16(9-14)21-10-12-4-1-2-5-13(12)11-21/h1-2,4-5,8-9,22H,3,6-7,10-11H2. The Kier molecular flexibility index (Phi) is 2.59. The maximum absolute atomic E-state index is 10.7. The second kappa shape index (κ2) is 4.55. The van der Waals surface area contributed by atoms with Crippen molar-refractivity contribution in [2.24, 2.45) is 0 Å². The third-order valence-electron chi connectivity index (χ3n) is 5.24. The van der Waals surface area contributed by atoms with Crippen LogP contribution in [0.1, 0.15) is 36.0 Å². The first-order chi connectivity index (χ1) is 11.2. The Morgan fingerprint density at radius 3 is 2.43 bits per heavy atom. The average molecular weight is 307 g/mol. The second-order valence-electron chi connectivity index (χ2n) is 6.64. The van der Waals surface area contributed by atoms with E-state index in [1.807, 2.05) is 6.07 Å². The molecule has 0 radical (unpaired) electrons. The van der Waals surface area contributed by atoms with Gasteiger partial charge in [0.05, 0.1) is 11.3 Å². The van der Waals surface area contributed by atoms with E-state index in [2.05, 4.69) is 45.5 Å². The van der Waals surface area contributed by atoms with Crippen molar-refractivity contribution in [2.75, 3.05) is 4.90 Å². The molecule has 0 atom stereocenters. The molecular formula is C18H17N3O2. The molecular weight excluding hydrogens is 290 g/mol. The van der Waals surface area contributed by atoms with Crippen LogP contribution in [-0.4, -0.2) is 15.4 Å². The van der Waals surface area contributed by atoms with Gasteiger partial charge in [-0.25, -0.2) is 4.63 Å². The highest BCUT2D eigenvalue weighted by atomic mass is 16.6. The number of aliphatic hydroxyl groups is 1. The summed E-state index contributed by atoms with van der Waals surface area (Å²) in [5.74, 6) is 0. The van der Waals surface area contributed by atoms with Crippen LogP contribution in [0.4, 0.5) is 5.69 Å². The molecule has 1 aromatic heterocycles. The SMILES string of the molecule is OC1(c2cc(N3Cc4ccccc4C3)c3nonc3c2)CCC1. The van der Waals surface area contributed by atoms with Gasteiger partial charge in [-0.3, -0.25) is 0 Å². The lowest BCUT2D eigenvalue weighted by atomic mass is 9.75. The Labute approximate surface area is 133 Å².